The maximum Gasteiger partial charge on any atom is 0.451 e. The number of ether oxygens (including phenoxy) is 1. The van der Waals surface area contributed by atoms with E-state index in [1.807, 2.05) is 12.0 Å². The van der Waals surface area contributed by atoms with Crippen LogP contribution in [0.15, 0.2) is 36.5 Å². The van der Waals surface area contributed by atoms with E-state index in [2.05, 4.69) is 15.1 Å². The number of H-pyrrole nitrogens is 1. The highest BCUT2D eigenvalue weighted by Gasteiger charge is 2.35. The quantitative estimate of drug-likeness (QED) is 0.615. The molecule has 2 aromatic heterocycles. The molecule has 0 aliphatic heterocycles. The fourth-order valence-corrected chi connectivity index (χ4v) is 2.54. The zero-order valence-electron chi connectivity index (χ0n) is 16.4. The van der Waals surface area contributed by atoms with Gasteiger partial charge in [-0.25, -0.2) is 9.97 Å². The molecule has 0 spiro atoms. The van der Waals surface area contributed by atoms with E-state index in [-0.39, 0.29) is 12.4 Å². The summed E-state index contributed by atoms with van der Waals surface area (Å²) in [5.74, 6) is -1.86. The third-order valence-electron chi connectivity index (χ3n) is 4.45. The summed E-state index contributed by atoms with van der Waals surface area (Å²) < 4.78 is 43.5. The van der Waals surface area contributed by atoms with Crippen LogP contribution in [0.3, 0.4) is 0 Å². The minimum absolute atomic E-state index is 0.0284. The van der Waals surface area contributed by atoms with Gasteiger partial charge in [0, 0.05) is 23.4 Å². The van der Waals surface area contributed by atoms with Gasteiger partial charge in [0.2, 0.25) is 11.7 Å². The number of alkyl halides is 3. The lowest BCUT2D eigenvalue weighted by molar-refractivity contribution is -0.148. The van der Waals surface area contributed by atoms with E-state index in [9.17, 15) is 18.0 Å². The van der Waals surface area contributed by atoms with Gasteiger partial charge in [-0.3, -0.25) is 9.89 Å². The van der Waals surface area contributed by atoms with Crippen molar-refractivity contribution in [1.82, 2.24) is 20.2 Å². The van der Waals surface area contributed by atoms with E-state index in [4.69, 9.17) is 9.84 Å². The summed E-state index contributed by atoms with van der Waals surface area (Å²) in [7, 11) is 0. The molecule has 7 nitrogen and oxygen atoms in total. The van der Waals surface area contributed by atoms with E-state index in [1.54, 1.807) is 50.4 Å². The largest absolute Gasteiger partial charge is 0.481 e. The van der Waals surface area contributed by atoms with Crippen molar-refractivity contribution in [3.63, 3.8) is 0 Å². The number of carboxylic acid groups (broad SMARTS) is 1. The lowest BCUT2D eigenvalue weighted by Gasteiger charge is -2.19. The van der Waals surface area contributed by atoms with Gasteiger partial charge in [-0.1, -0.05) is 24.3 Å². The highest BCUT2D eigenvalue weighted by atomic mass is 19.4. The molecule has 0 radical (unpaired) electrons. The molecule has 1 aromatic carbocycles. The number of benzene rings is 1. The molecule has 0 unspecified atom stereocenters. The Morgan fingerprint density at radius 1 is 1.17 bits per heavy atom. The van der Waals surface area contributed by atoms with Crippen LogP contribution < -0.4 is 4.74 Å². The number of carbonyl (C=O) groups is 1. The smallest absolute Gasteiger partial charge is 0.451 e. The SMILES string of the molecule is Cc1cc(OCC(C)(C)C(=O)O)ncc1-c1ccc(-c2n[nH]c(C(F)(F)F)n2)cc1. The molecule has 3 aromatic rings. The summed E-state index contributed by atoms with van der Waals surface area (Å²) in [5.41, 5.74) is 1.84. The Kier molecular flexibility index (Phi) is 5.51. The van der Waals surface area contributed by atoms with Crippen LogP contribution in [-0.2, 0) is 11.0 Å². The number of nitrogens with zero attached hydrogens (tertiary/aromatic N) is 3. The van der Waals surface area contributed by atoms with E-state index in [1.165, 1.54) is 0 Å². The van der Waals surface area contributed by atoms with Gasteiger partial charge in [0.15, 0.2) is 5.82 Å². The number of halogens is 3. The van der Waals surface area contributed by atoms with Gasteiger partial charge in [-0.2, -0.15) is 18.3 Å². The van der Waals surface area contributed by atoms with Gasteiger partial charge in [-0.05, 0) is 31.9 Å². The number of rotatable bonds is 6. The van der Waals surface area contributed by atoms with Gasteiger partial charge in [0.1, 0.15) is 6.61 Å². The summed E-state index contributed by atoms with van der Waals surface area (Å²) in [6, 6.07) is 8.41. The number of carboxylic acids is 1. The second-order valence-corrected chi connectivity index (χ2v) is 7.40. The molecule has 0 aliphatic carbocycles. The molecule has 10 heteroatoms. The summed E-state index contributed by atoms with van der Waals surface area (Å²) in [4.78, 5) is 18.9. The summed E-state index contributed by atoms with van der Waals surface area (Å²) >= 11 is 0. The normalized spacial score (nSPS) is 12.1. The van der Waals surface area contributed by atoms with E-state index in [0.29, 0.717) is 11.4 Å². The molecular formula is C20H19F3N4O3. The Balaban J connectivity index is 1.76. The Morgan fingerprint density at radius 3 is 2.33 bits per heavy atom. The second-order valence-electron chi connectivity index (χ2n) is 7.40. The third kappa shape index (κ3) is 4.58. The van der Waals surface area contributed by atoms with Crippen LogP contribution in [0.25, 0.3) is 22.5 Å². The van der Waals surface area contributed by atoms with Crippen molar-refractivity contribution < 1.29 is 27.8 Å². The standard InChI is InChI=1S/C20H19F3N4O3/c1-11-8-15(30-10-19(2,3)18(28)29)24-9-14(11)12-4-6-13(7-5-12)16-25-17(27-26-16)20(21,22)23/h4-9H,10H2,1-3H3,(H,28,29)(H,25,26,27). The topological polar surface area (TPSA) is 101 Å². The fraction of sp³-hybridized carbons (Fsp3) is 0.300. The Labute approximate surface area is 170 Å². The molecule has 2 N–H and O–H groups in total. The van der Waals surface area contributed by atoms with Crippen molar-refractivity contribution in [1.29, 1.82) is 0 Å². The van der Waals surface area contributed by atoms with Crippen LogP contribution in [-0.4, -0.2) is 37.8 Å². The van der Waals surface area contributed by atoms with Gasteiger partial charge in [0.05, 0.1) is 5.41 Å². The molecule has 3 rings (SSSR count). The lowest BCUT2D eigenvalue weighted by atomic mass is 9.95. The Hall–Kier alpha value is -3.43. The van der Waals surface area contributed by atoms with Crippen molar-refractivity contribution in [3.8, 4) is 28.4 Å². The first kappa shape index (κ1) is 21.3. The number of nitrogens with one attached hydrogen (secondary N) is 1. The van der Waals surface area contributed by atoms with Gasteiger partial charge in [-0.15, -0.1) is 0 Å². The predicted octanol–water partition coefficient (Wildman–Crippen LogP) is 4.35. The van der Waals surface area contributed by atoms with Crippen LogP contribution in [0.2, 0.25) is 0 Å². The molecule has 0 saturated heterocycles. The van der Waals surface area contributed by atoms with Crippen LogP contribution in [0.1, 0.15) is 25.2 Å². The third-order valence-corrected chi connectivity index (χ3v) is 4.45. The molecule has 0 amide bonds. The van der Waals surface area contributed by atoms with E-state index in [0.717, 1.165) is 16.7 Å². The highest BCUT2D eigenvalue weighted by Crippen LogP contribution is 2.30. The van der Waals surface area contributed by atoms with Crippen molar-refractivity contribution in [2.45, 2.75) is 26.9 Å². The molecule has 0 aliphatic rings. The Bertz CT molecular complexity index is 1060. The minimum atomic E-state index is -4.59. The molecular weight excluding hydrogens is 401 g/mol. The van der Waals surface area contributed by atoms with Crippen molar-refractivity contribution in [2.75, 3.05) is 6.61 Å². The number of aliphatic carboxylic acids is 1. The molecule has 0 saturated carbocycles. The van der Waals surface area contributed by atoms with E-state index >= 15 is 0 Å². The molecule has 0 atom stereocenters. The first-order valence-corrected chi connectivity index (χ1v) is 8.90. The van der Waals surface area contributed by atoms with Gasteiger partial charge >= 0.3 is 12.1 Å². The zero-order chi connectivity index (χ0) is 22.1. The number of hydrogen-bond donors (Lipinski definition) is 2. The molecule has 0 bridgehead atoms. The van der Waals surface area contributed by atoms with Crippen molar-refractivity contribution in [3.05, 3.63) is 47.9 Å². The minimum Gasteiger partial charge on any atom is -0.481 e. The number of aromatic nitrogens is 4. The first-order chi connectivity index (χ1) is 14.0. The maximum atomic E-state index is 12.7. The predicted molar refractivity (Wildman–Crippen MR) is 102 cm³/mol. The molecule has 30 heavy (non-hydrogen) atoms. The van der Waals surface area contributed by atoms with Crippen LogP contribution >= 0.6 is 0 Å². The first-order valence-electron chi connectivity index (χ1n) is 8.90. The average Bonchev–Trinajstić information content (AvgIpc) is 3.17. The molecule has 158 valence electrons. The fourth-order valence-electron chi connectivity index (χ4n) is 2.54. The average molecular weight is 420 g/mol. The monoisotopic (exact) mass is 420 g/mol. The van der Waals surface area contributed by atoms with Crippen molar-refractivity contribution in [2.24, 2.45) is 5.41 Å². The van der Waals surface area contributed by atoms with Gasteiger partial charge < -0.3 is 9.84 Å². The van der Waals surface area contributed by atoms with Crippen molar-refractivity contribution >= 4 is 5.97 Å². The number of pyridine rings is 1. The second kappa shape index (κ2) is 7.77. The Morgan fingerprint density at radius 2 is 1.80 bits per heavy atom. The lowest BCUT2D eigenvalue weighted by Crippen LogP contribution is -2.30. The summed E-state index contributed by atoms with van der Waals surface area (Å²) in [6.07, 6.45) is -2.99. The highest BCUT2D eigenvalue weighted by molar-refractivity contribution is 5.73. The van der Waals surface area contributed by atoms with Crippen LogP contribution in [0.5, 0.6) is 5.88 Å². The van der Waals surface area contributed by atoms with E-state index < -0.39 is 23.4 Å². The van der Waals surface area contributed by atoms with Gasteiger partial charge in [0.25, 0.3) is 0 Å². The number of hydrogen-bond acceptors (Lipinski definition) is 5. The number of aromatic amines is 1. The summed E-state index contributed by atoms with van der Waals surface area (Å²) in [6.45, 7) is 4.94. The summed E-state index contributed by atoms with van der Waals surface area (Å²) in [5, 5.41) is 14.6. The molecule has 0 fully saturated rings. The van der Waals surface area contributed by atoms with Crippen LogP contribution in [0, 0.1) is 12.3 Å². The van der Waals surface area contributed by atoms with Crippen LogP contribution in [0.4, 0.5) is 13.2 Å². The maximum absolute atomic E-state index is 12.7. The molecule has 2 heterocycles. The zero-order valence-corrected chi connectivity index (χ0v) is 16.4. The number of aryl methyl sites for hydroxylation is 1.